The molecular weight excluding hydrogens is 288 g/mol. The molecule has 4 nitrogen and oxygen atoms in total. The lowest BCUT2D eigenvalue weighted by atomic mass is 9.77. The molecule has 0 aromatic carbocycles. The van der Waals surface area contributed by atoms with Crippen LogP contribution in [0.3, 0.4) is 0 Å². The number of rotatable bonds is 1. The van der Waals surface area contributed by atoms with Crippen LogP contribution in [-0.2, 0) is 4.74 Å². The number of hydrogen-bond donors (Lipinski definition) is 0. The van der Waals surface area contributed by atoms with E-state index in [0.717, 1.165) is 25.6 Å². The number of nitrogens with zero attached hydrogens (tertiary/aromatic N) is 2. The Bertz CT molecular complexity index is 416. The molecule has 1 spiro atoms. The van der Waals surface area contributed by atoms with Crippen molar-refractivity contribution in [3.05, 3.63) is 0 Å². The Labute approximate surface area is 141 Å². The number of amides is 1. The van der Waals surface area contributed by atoms with Crippen molar-refractivity contribution < 1.29 is 9.53 Å². The Morgan fingerprint density at radius 1 is 1.00 bits per heavy atom. The molecule has 2 heterocycles. The summed E-state index contributed by atoms with van der Waals surface area (Å²) in [6, 6.07) is 0.837. The average molecular weight is 322 g/mol. The van der Waals surface area contributed by atoms with E-state index < -0.39 is 5.60 Å². The highest BCUT2D eigenvalue weighted by Gasteiger charge is 2.43. The summed E-state index contributed by atoms with van der Waals surface area (Å²) in [5, 5.41) is 0. The van der Waals surface area contributed by atoms with Gasteiger partial charge in [-0.3, -0.25) is 0 Å². The SMILES string of the molecule is CC(C)(C)OC(=O)N1CCC2(CCN(C3CCCCC3)CC2)C1. The first-order chi connectivity index (χ1) is 10.9. The molecule has 0 unspecified atom stereocenters. The third-order valence-corrected chi connectivity index (χ3v) is 6.04. The first-order valence-corrected chi connectivity index (χ1v) is 9.59. The molecule has 1 aliphatic carbocycles. The molecule has 4 heteroatoms. The van der Waals surface area contributed by atoms with E-state index in [1.165, 1.54) is 58.0 Å². The van der Waals surface area contributed by atoms with Gasteiger partial charge in [-0.05, 0) is 71.4 Å². The second-order valence-corrected chi connectivity index (χ2v) is 8.98. The van der Waals surface area contributed by atoms with Crippen LogP contribution in [0.15, 0.2) is 0 Å². The third kappa shape index (κ3) is 4.20. The van der Waals surface area contributed by atoms with Crippen molar-refractivity contribution in [3.8, 4) is 0 Å². The van der Waals surface area contributed by atoms with Crippen molar-refractivity contribution in [2.45, 2.75) is 83.8 Å². The zero-order chi connectivity index (χ0) is 16.5. The molecule has 0 bridgehead atoms. The highest BCUT2D eigenvalue weighted by atomic mass is 16.6. The van der Waals surface area contributed by atoms with E-state index >= 15 is 0 Å². The largest absolute Gasteiger partial charge is 0.444 e. The summed E-state index contributed by atoms with van der Waals surface area (Å²) in [5.41, 5.74) is -0.0285. The zero-order valence-corrected chi connectivity index (χ0v) is 15.3. The second-order valence-electron chi connectivity index (χ2n) is 8.98. The maximum Gasteiger partial charge on any atom is 0.410 e. The molecule has 3 fully saturated rings. The Hall–Kier alpha value is -0.770. The van der Waals surface area contributed by atoms with E-state index in [1.54, 1.807) is 0 Å². The number of carbonyl (C=O) groups excluding carboxylic acids is 1. The molecule has 1 amide bonds. The molecule has 0 atom stereocenters. The number of carbonyl (C=O) groups is 1. The summed E-state index contributed by atoms with van der Waals surface area (Å²) in [5.74, 6) is 0. The van der Waals surface area contributed by atoms with Crippen LogP contribution in [0.2, 0.25) is 0 Å². The first kappa shape index (κ1) is 17.1. The van der Waals surface area contributed by atoms with Gasteiger partial charge in [0.1, 0.15) is 5.60 Å². The Morgan fingerprint density at radius 3 is 2.22 bits per heavy atom. The number of piperidine rings is 1. The minimum Gasteiger partial charge on any atom is -0.444 e. The normalized spacial score (nSPS) is 26.7. The van der Waals surface area contributed by atoms with Crippen molar-refractivity contribution >= 4 is 6.09 Å². The van der Waals surface area contributed by atoms with Crippen molar-refractivity contribution in [2.24, 2.45) is 5.41 Å². The van der Waals surface area contributed by atoms with Gasteiger partial charge in [-0.25, -0.2) is 4.79 Å². The fourth-order valence-electron chi connectivity index (χ4n) is 4.64. The lowest BCUT2D eigenvalue weighted by molar-refractivity contribution is 0.0223. The first-order valence-electron chi connectivity index (χ1n) is 9.59. The minimum atomic E-state index is -0.392. The molecule has 0 N–H and O–H groups in total. The summed E-state index contributed by atoms with van der Waals surface area (Å²) in [6.45, 7) is 10.1. The van der Waals surface area contributed by atoms with Crippen LogP contribution in [0, 0.1) is 5.41 Å². The van der Waals surface area contributed by atoms with E-state index in [1.807, 2.05) is 25.7 Å². The smallest absolute Gasteiger partial charge is 0.410 e. The Kier molecular flexibility index (Phi) is 4.91. The number of hydrogen-bond acceptors (Lipinski definition) is 3. The summed E-state index contributed by atoms with van der Waals surface area (Å²) < 4.78 is 5.55. The molecule has 1 saturated carbocycles. The summed E-state index contributed by atoms with van der Waals surface area (Å²) in [4.78, 5) is 17.0. The molecule has 3 aliphatic rings. The van der Waals surface area contributed by atoms with Crippen molar-refractivity contribution in [2.75, 3.05) is 26.2 Å². The summed E-state index contributed by atoms with van der Waals surface area (Å²) in [7, 11) is 0. The number of likely N-dealkylation sites (tertiary alicyclic amines) is 2. The van der Waals surface area contributed by atoms with Gasteiger partial charge < -0.3 is 14.5 Å². The van der Waals surface area contributed by atoms with Crippen LogP contribution in [0.4, 0.5) is 4.79 Å². The van der Waals surface area contributed by atoms with Gasteiger partial charge in [0.05, 0.1) is 0 Å². The van der Waals surface area contributed by atoms with Gasteiger partial charge in [-0.1, -0.05) is 19.3 Å². The van der Waals surface area contributed by atoms with E-state index in [2.05, 4.69) is 4.90 Å². The summed E-state index contributed by atoms with van der Waals surface area (Å²) in [6.07, 6.45) is 10.6. The zero-order valence-electron chi connectivity index (χ0n) is 15.3. The van der Waals surface area contributed by atoms with Gasteiger partial charge in [0, 0.05) is 19.1 Å². The summed E-state index contributed by atoms with van der Waals surface area (Å²) >= 11 is 0. The molecule has 132 valence electrons. The van der Waals surface area contributed by atoms with Gasteiger partial charge in [-0.2, -0.15) is 0 Å². The van der Waals surface area contributed by atoms with Gasteiger partial charge >= 0.3 is 6.09 Å². The van der Waals surface area contributed by atoms with E-state index in [4.69, 9.17) is 4.74 Å². The lowest BCUT2D eigenvalue weighted by Crippen LogP contribution is -2.47. The van der Waals surface area contributed by atoms with Crippen LogP contribution < -0.4 is 0 Å². The van der Waals surface area contributed by atoms with Crippen LogP contribution in [0.5, 0.6) is 0 Å². The fraction of sp³-hybridized carbons (Fsp3) is 0.947. The molecule has 3 rings (SSSR count). The number of ether oxygens (including phenoxy) is 1. The van der Waals surface area contributed by atoms with Gasteiger partial charge in [0.15, 0.2) is 0 Å². The highest BCUT2D eigenvalue weighted by Crippen LogP contribution is 2.42. The monoisotopic (exact) mass is 322 g/mol. The van der Waals surface area contributed by atoms with Gasteiger partial charge in [0.25, 0.3) is 0 Å². The second kappa shape index (κ2) is 6.62. The quantitative estimate of drug-likeness (QED) is 0.730. The van der Waals surface area contributed by atoms with Gasteiger partial charge in [0.2, 0.25) is 0 Å². The molecule has 0 aromatic rings. The van der Waals surface area contributed by atoms with Crippen molar-refractivity contribution in [1.29, 1.82) is 0 Å². The standard InChI is InChI=1S/C19H34N2O2/c1-18(2,3)23-17(22)21-14-11-19(15-21)9-12-20(13-10-19)16-7-5-4-6-8-16/h16H,4-15H2,1-3H3. The maximum absolute atomic E-state index is 12.3. The van der Waals surface area contributed by atoms with Crippen LogP contribution >= 0.6 is 0 Å². The van der Waals surface area contributed by atoms with Crippen LogP contribution in [0.25, 0.3) is 0 Å². The minimum absolute atomic E-state index is 0.121. The molecular formula is C19H34N2O2. The molecule has 2 aliphatic heterocycles. The predicted molar refractivity (Wildman–Crippen MR) is 92.5 cm³/mol. The van der Waals surface area contributed by atoms with Crippen molar-refractivity contribution in [1.82, 2.24) is 9.80 Å². The third-order valence-electron chi connectivity index (χ3n) is 6.04. The fourth-order valence-corrected chi connectivity index (χ4v) is 4.64. The maximum atomic E-state index is 12.3. The topological polar surface area (TPSA) is 32.8 Å². The predicted octanol–water partition coefficient (Wildman–Crippen LogP) is 4.04. The van der Waals surface area contributed by atoms with E-state index in [0.29, 0.717) is 5.41 Å². The molecule has 2 saturated heterocycles. The van der Waals surface area contributed by atoms with Gasteiger partial charge in [-0.15, -0.1) is 0 Å². The van der Waals surface area contributed by atoms with Crippen LogP contribution in [-0.4, -0.2) is 53.7 Å². The van der Waals surface area contributed by atoms with Crippen LogP contribution in [0.1, 0.15) is 72.1 Å². The average Bonchev–Trinajstić information content (AvgIpc) is 2.91. The van der Waals surface area contributed by atoms with Crippen molar-refractivity contribution in [3.63, 3.8) is 0 Å². The molecule has 23 heavy (non-hydrogen) atoms. The lowest BCUT2D eigenvalue weighted by Gasteiger charge is -2.43. The molecule has 0 aromatic heterocycles. The molecule has 0 radical (unpaired) electrons. The highest BCUT2D eigenvalue weighted by molar-refractivity contribution is 5.68. The Morgan fingerprint density at radius 2 is 1.61 bits per heavy atom. The van der Waals surface area contributed by atoms with E-state index in [-0.39, 0.29) is 6.09 Å². The Balaban J connectivity index is 1.50. The van der Waals surface area contributed by atoms with E-state index in [9.17, 15) is 4.79 Å².